The molecular formula is C16H21NO3S. The van der Waals surface area contributed by atoms with Gasteiger partial charge in [0.15, 0.2) is 0 Å². The molecule has 0 spiro atoms. The molecule has 21 heavy (non-hydrogen) atoms. The fourth-order valence-corrected chi connectivity index (χ4v) is 3.44. The van der Waals surface area contributed by atoms with Crippen LogP contribution in [0, 0.1) is 0 Å². The van der Waals surface area contributed by atoms with Gasteiger partial charge in [-0.2, -0.15) is 0 Å². The lowest BCUT2D eigenvalue weighted by atomic mass is 9.70. The lowest BCUT2D eigenvalue weighted by Crippen LogP contribution is -2.45. The van der Waals surface area contributed by atoms with Gasteiger partial charge < -0.3 is 10.4 Å². The predicted octanol–water partition coefficient (Wildman–Crippen LogP) is 2.21. The normalized spacial score (nSPS) is 20.6. The van der Waals surface area contributed by atoms with Crippen LogP contribution in [-0.4, -0.2) is 35.0 Å². The van der Waals surface area contributed by atoms with Crippen molar-refractivity contribution in [2.45, 2.75) is 31.6 Å². The molecule has 1 atom stereocenters. The summed E-state index contributed by atoms with van der Waals surface area (Å²) in [4.78, 5) is 23.0. The van der Waals surface area contributed by atoms with E-state index < -0.39 is 11.4 Å². The number of nitrogens with one attached hydrogen (secondary N) is 1. The molecule has 1 aromatic carbocycles. The lowest BCUT2D eigenvalue weighted by Gasteiger charge is -2.34. The molecule has 2 N–H and O–H groups in total. The van der Waals surface area contributed by atoms with E-state index in [-0.39, 0.29) is 11.7 Å². The molecule has 114 valence electrons. The average Bonchev–Trinajstić information content (AvgIpc) is 2.47. The molecule has 0 heterocycles. The molecule has 1 amide bonds. The topological polar surface area (TPSA) is 66.4 Å². The van der Waals surface area contributed by atoms with Crippen molar-refractivity contribution in [3.63, 3.8) is 0 Å². The first-order valence-corrected chi connectivity index (χ1v) is 8.36. The standard InChI is InChI=1S/C16H21NO3S/c1-16(15(20)17-9-10-21-11-14(18)19)8-4-6-12-5-2-3-7-13(12)16/h2-3,5,7H,4,6,8-11H2,1H3,(H,17,20)(H,18,19). The van der Waals surface area contributed by atoms with Gasteiger partial charge in [0.2, 0.25) is 5.91 Å². The van der Waals surface area contributed by atoms with Gasteiger partial charge in [-0.15, -0.1) is 11.8 Å². The first kappa shape index (κ1) is 15.9. The van der Waals surface area contributed by atoms with E-state index in [1.54, 1.807) is 0 Å². The fraction of sp³-hybridized carbons (Fsp3) is 0.500. The third-order valence-electron chi connectivity index (χ3n) is 3.99. The smallest absolute Gasteiger partial charge is 0.313 e. The van der Waals surface area contributed by atoms with E-state index in [0.717, 1.165) is 24.8 Å². The highest BCUT2D eigenvalue weighted by Gasteiger charge is 2.38. The van der Waals surface area contributed by atoms with Crippen molar-refractivity contribution in [3.05, 3.63) is 35.4 Å². The van der Waals surface area contributed by atoms with Crippen LogP contribution < -0.4 is 5.32 Å². The first-order chi connectivity index (χ1) is 10.0. The van der Waals surface area contributed by atoms with E-state index in [1.807, 2.05) is 25.1 Å². The second-order valence-corrected chi connectivity index (χ2v) is 6.65. The number of carboxylic acid groups (broad SMARTS) is 1. The van der Waals surface area contributed by atoms with Crippen LogP contribution in [0.1, 0.15) is 30.9 Å². The summed E-state index contributed by atoms with van der Waals surface area (Å²) in [5.74, 6) is -0.0729. The number of carbonyl (C=O) groups excluding carboxylic acids is 1. The molecule has 1 aliphatic rings. The second kappa shape index (κ2) is 6.98. The summed E-state index contributed by atoms with van der Waals surface area (Å²) in [6.07, 6.45) is 2.92. The SMILES string of the molecule is CC1(C(=O)NCCSCC(=O)O)CCCc2ccccc21. The Balaban J connectivity index is 1.94. The minimum absolute atomic E-state index is 0.0468. The molecule has 0 saturated carbocycles. The second-order valence-electron chi connectivity index (χ2n) is 5.55. The average molecular weight is 307 g/mol. The third kappa shape index (κ3) is 3.79. The summed E-state index contributed by atoms with van der Waals surface area (Å²) in [6.45, 7) is 2.51. The largest absolute Gasteiger partial charge is 0.481 e. The zero-order chi connectivity index (χ0) is 15.3. The maximum absolute atomic E-state index is 12.5. The van der Waals surface area contributed by atoms with Crippen molar-refractivity contribution in [2.24, 2.45) is 0 Å². The summed E-state index contributed by atoms with van der Waals surface area (Å²) in [5, 5.41) is 11.5. The van der Waals surface area contributed by atoms with E-state index in [4.69, 9.17) is 5.11 Å². The Labute approximate surface area is 129 Å². The zero-order valence-corrected chi connectivity index (χ0v) is 13.0. The summed E-state index contributed by atoms with van der Waals surface area (Å²) in [7, 11) is 0. The molecule has 4 nitrogen and oxygen atoms in total. The van der Waals surface area contributed by atoms with Crippen molar-refractivity contribution in [3.8, 4) is 0 Å². The van der Waals surface area contributed by atoms with Crippen LogP contribution in [0.5, 0.6) is 0 Å². The van der Waals surface area contributed by atoms with Gasteiger partial charge in [0.25, 0.3) is 0 Å². The monoisotopic (exact) mass is 307 g/mol. The Bertz CT molecular complexity index is 532. The van der Waals surface area contributed by atoms with Crippen molar-refractivity contribution in [1.82, 2.24) is 5.32 Å². The zero-order valence-electron chi connectivity index (χ0n) is 12.2. The van der Waals surface area contributed by atoms with Crippen LogP contribution in [0.3, 0.4) is 0 Å². The quantitative estimate of drug-likeness (QED) is 0.791. The van der Waals surface area contributed by atoms with Crippen LogP contribution in [-0.2, 0) is 21.4 Å². The lowest BCUT2D eigenvalue weighted by molar-refractivity contribution is -0.134. The van der Waals surface area contributed by atoms with Crippen LogP contribution in [0.25, 0.3) is 0 Å². The number of carboxylic acids is 1. The van der Waals surface area contributed by atoms with Crippen LogP contribution >= 0.6 is 11.8 Å². The molecule has 1 unspecified atom stereocenters. The highest BCUT2D eigenvalue weighted by molar-refractivity contribution is 7.99. The number of fused-ring (bicyclic) bond motifs is 1. The molecule has 0 aromatic heterocycles. The van der Waals surface area contributed by atoms with E-state index in [1.165, 1.54) is 17.3 Å². The Morgan fingerprint density at radius 2 is 2.14 bits per heavy atom. The molecule has 0 aliphatic heterocycles. The number of thioether (sulfide) groups is 1. The number of aliphatic carboxylic acids is 1. The molecule has 5 heteroatoms. The Hall–Kier alpha value is -1.49. The first-order valence-electron chi connectivity index (χ1n) is 7.20. The van der Waals surface area contributed by atoms with Gasteiger partial charge in [0.05, 0.1) is 11.2 Å². The van der Waals surface area contributed by atoms with E-state index in [0.29, 0.717) is 12.3 Å². The molecule has 0 bridgehead atoms. The van der Waals surface area contributed by atoms with Gasteiger partial charge in [-0.3, -0.25) is 9.59 Å². The molecule has 1 aliphatic carbocycles. The number of benzene rings is 1. The number of amides is 1. The van der Waals surface area contributed by atoms with E-state index in [9.17, 15) is 9.59 Å². The van der Waals surface area contributed by atoms with Gasteiger partial charge in [-0.1, -0.05) is 24.3 Å². The summed E-state index contributed by atoms with van der Waals surface area (Å²) in [6, 6.07) is 8.15. The van der Waals surface area contributed by atoms with E-state index >= 15 is 0 Å². The summed E-state index contributed by atoms with van der Waals surface area (Å²) in [5.41, 5.74) is 1.93. The van der Waals surface area contributed by atoms with Crippen LogP contribution in [0.15, 0.2) is 24.3 Å². The molecule has 0 saturated heterocycles. The predicted molar refractivity (Wildman–Crippen MR) is 84.7 cm³/mol. The fourth-order valence-electron chi connectivity index (χ4n) is 2.87. The molecule has 1 aromatic rings. The Morgan fingerprint density at radius 1 is 1.38 bits per heavy atom. The van der Waals surface area contributed by atoms with Crippen LogP contribution in [0.2, 0.25) is 0 Å². The van der Waals surface area contributed by atoms with E-state index in [2.05, 4.69) is 11.4 Å². The maximum Gasteiger partial charge on any atom is 0.313 e. The highest BCUT2D eigenvalue weighted by Crippen LogP contribution is 2.37. The Kier molecular flexibility index (Phi) is 5.28. The van der Waals surface area contributed by atoms with Gasteiger partial charge >= 0.3 is 5.97 Å². The minimum Gasteiger partial charge on any atom is -0.481 e. The summed E-state index contributed by atoms with van der Waals surface area (Å²) < 4.78 is 0. The molecular weight excluding hydrogens is 286 g/mol. The van der Waals surface area contributed by atoms with Crippen LogP contribution in [0.4, 0.5) is 0 Å². The number of hydrogen-bond donors (Lipinski definition) is 2. The third-order valence-corrected chi connectivity index (χ3v) is 4.94. The molecule has 0 radical (unpaired) electrons. The molecule has 0 fully saturated rings. The van der Waals surface area contributed by atoms with Gasteiger partial charge in [0.1, 0.15) is 0 Å². The Morgan fingerprint density at radius 3 is 2.90 bits per heavy atom. The molecule has 2 rings (SSSR count). The maximum atomic E-state index is 12.5. The van der Waals surface area contributed by atoms with Crippen molar-refractivity contribution >= 4 is 23.6 Å². The van der Waals surface area contributed by atoms with Crippen molar-refractivity contribution in [2.75, 3.05) is 18.1 Å². The minimum atomic E-state index is -0.820. The highest BCUT2D eigenvalue weighted by atomic mass is 32.2. The van der Waals surface area contributed by atoms with Gasteiger partial charge in [-0.25, -0.2) is 0 Å². The van der Waals surface area contributed by atoms with Crippen molar-refractivity contribution in [1.29, 1.82) is 0 Å². The van der Waals surface area contributed by atoms with Gasteiger partial charge in [0, 0.05) is 12.3 Å². The number of aryl methyl sites for hydroxylation is 1. The van der Waals surface area contributed by atoms with Gasteiger partial charge in [-0.05, 0) is 37.3 Å². The van der Waals surface area contributed by atoms with Crippen molar-refractivity contribution < 1.29 is 14.7 Å². The number of hydrogen-bond acceptors (Lipinski definition) is 3. The number of carbonyl (C=O) groups is 2. The number of rotatable bonds is 6. The summed E-state index contributed by atoms with van der Waals surface area (Å²) >= 11 is 1.32.